The maximum atomic E-state index is 13.2. The number of hydrogen-bond acceptors (Lipinski definition) is 8. The summed E-state index contributed by atoms with van der Waals surface area (Å²) in [5.74, 6) is -10.4. The first-order valence-electron chi connectivity index (χ1n) is 22.6. The SMILES string of the molecule is C=C(C(=O)OC1(C)C2CC3CC(C2)CC1C3)C(F)(F)F.C=C(C(=O)OC1CC(C(O)(C(F)(F)F)C(F)(F)F)CC(C(O)(C(F)(F)F)C(F)(F)F)C1)C(F)(F)F.COCOC(CC1CC2C=CC1C2)(C(F)(F)F)C(F)(F)F. The minimum absolute atomic E-state index is 0.0848. The molecule has 6 bridgehead atoms. The lowest BCUT2D eigenvalue weighted by Crippen LogP contribution is -2.67. The van der Waals surface area contributed by atoms with Crippen LogP contribution in [0.2, 0.25) is 0 Å². The van der Waals surface area contributed by atoms with Gasteiger partial charge < -0.3 is 29.2 Å². The molecule has 0 aliphatic heterocycles. The number of halogens is 24. The number of fused-ring (bicyclic) bond motifs is 2. The summed E-state index contributed by atoms with van der Waals surface area (Å²) in [4.78, 5) is 23.2. The Hall–Kier alpha value is -3.68. The number of alkyl halides is 24. The molecule has 7 rings (SSSR count). The van der Waals surface area contributed by atoms with Gasteiger partial charge in [0.15, 0.2) is 0 Å². The molecule has 6 saturated carbocycles. The Morgan fingerprint density at radius 2 is 0.934 bits per heavy atom. The summed E-state index contributed by atoms with van der Waals surface area (Å²) in [6, 6.07) is 0. The Bertz CT molecular complexity index is 2000. The van der Waals surface area contributed by atoms with E-state index in [-0.39, 0.29) is 23.7 Å². The van der Waals surface area contributed by atoms with Gasteiger partial charge in [0.1, 0.15) is 29.6 Å². The van der Waals surface area contributed by atoms with Crippen molar-refractivity contribution in [1.29, 1.82) is 0 Å². The molecule has 7 aliphatic rings. The fraction of sp³-hybridized carbons (Fsp3) is 0.818. The van der Waals surface area contributed by atoms with Crippen molar-refractivity contribution in [2.24, 2.45) is 53.3 Å². The highest BCUT2D eigenvalue weighted by Gasteiger charge is 2.79. The zero-order valence-electron chi connectivity index (χ0n) is 39.2. The van der Waals surface area contributed by atoms with E-state index >= 15 is 0 Å². The molecule has 0 spiro atoms. The molecule has 6 fully saturated rings. The van der Waals surface area contributed by atoms with Crippen molar-refractivity contribution < 1.29 is 144 Å². The third-order valence-corrected chi connectivity index (χ3v) is 15.4. The third-order valence-electron chi connectivity index (χ3n) is 15.4. The van der Waals surface area contributed by atoms with Crippen molar-refractivity contribution in [3.63, 3.8) is 0 Å². The molecule has 0 amide bonds. The van der Waals surface area contributed by atoms with Gasteiger partial charge in [0.2, 0.25) is 0 Å². The molecule has 76 heavy (non-hydrogen) atoms. The van der Waals surface area contributed by atoms with Crippen molar-refractivity contribution in [3.05, 3.63) is 36.5 Å². The van der Waals surface area contributed by atoms with E-state index in [1.807, 2.05) is 13.0 Å². The summed E-state index contributed by atoms with van der Waals surface area (Å²) in [5.41, 5.74) is -20.7. The van der Waals surface area contributed by atoms with Gasteiger partial charge >= 0.3 is 61.3 Å². The first-order valence-corrected chi connectivity index (χ1v) is 22.6. The van der Waals surface area contributed by atoms with Gasteiger partial charge in [0.25, 0.3) is 16.8 Å². The van der Waals surface area contributed by atoms with E-state index in [1.54, 1.807) is 6.08 Å². The van der Waals surface area contributed by atoms with E-state index in [0.29, 0.717) is 24.7 Å². The smallest absolute Gasteiger partial charge is 0.426 e. The van der Waals surface area contributed by atoms with Crippen molar-refractivity contribution in [3.8, 4) is 0 Å². The highest BCUT2D eigenvalue weighted by Crippen LogP contribution is 2.61. The van der Waals surface area contributed by atoms with Gasteiger partial charge in [-0.15, -0.1) is 0 Å². The van der Waals surface area contributed by atoms with Gasteiger partial charge in [0.05, 0.1) is 0 Å². The number of methoxy groups -OCH3 is 1. The molecule has 0 aromatic carbocycles. The third kappa shape index (κ3) is 12.8. The number of carbonyl (C=O) groups excluding carboxylic acids is 2. The predicted octanol–water partition coefficient (Wildman–Crippen LogP) is 13.1. The molecule has 0 heterocycles. The molecule has 0 aromatic rings. The van der Waals surface area contributed by atoms with Crippen LogP contribution >= 0.6 is 0 Å². The number of aliphatic hydroxyl groups is 2. The lowest BCUT2D eigenvalue weighted by molar-refractivity contribution is -0.405. The summed E-state index contributed by atoms with van der Waals surface area (Å²) in [6.07, 6.45) is -49.2. The van der Waals surface area contributed by atoms with E-state index in [0.717, 1.165) is 32.8 Å². The van der Waals surface area contributed by atoms with Crippen molar-refractivity contribution in [1.82, 2.24) is 0 Å². The Kier molecular flexibility index (Phi) is 18.3. The second-order valence-corrected chi connectivity index (χ2v) is 20.1. The summed E-state index contributed by atoms with van der Waals surface area (Å²) >= 11 is 0. The van der Waals surface area contributed by atoms with Gasteiger partial charge in [-0.25, -0.2) is 9.59 Å². The molecule has 5 unspecified atom stereocenters. The highest BCUT2D eigenvalue weighted by atomic mass is 19.4. The lowest BCUT2D eigenvalue weighted by atomic mass is 9.50. The standard InChI is InChI=1S/C16H13F15O4.C15H19F3O2.C13H16F6O2/c1-5(12(17,18)19)9(32)35-8-3-6(10(33,13(20,21)22)14(23,24)25)2-7(4-8)11(34,15(26,27)28)16(29,30)31;1-8(15(16,17)18)13(19)20-14(2)11-4-9-3-10(6-11)7-12(14)5-9;1-20-7-21-11(12(14,15)16,13(17,18)19)6-10-5-8-2-3-9(10)4-8/h6-8,33-34H,1-4H2;9-12H,1,3-7H2,2H3;2-3,8-10H,4-7H2,1H3. The first-order chi connectivity index (χ1) is 33.9. The molecule has 0 radical (unpaired) electrons. The predicted molar refractivity (Wildman–Crippen MR) is 208 cm³/mol. The number of allylic oxidation sites excluding steroid dienone is 2. The molecule has 2 N–H and O–H groups in total. The fourth-order valence-electron chi connectivity index (χ4n) is 11.6. The van der Waals surface area contributed by atoms with Crippen LogP contribution in [0.25, 0.3) is 0 Å². The zero-order chi connectivity index (χ0) is 58.8. The van der Waals surface area contributed by atoms with Gasteiger partial charge in [-0.2, -0.15) is 105 Å². The molecule has 0 aromatic heterocycles. The van der Waals surface area contributed by atoms with Crippen LogP contribution in [0, 0.1) is 53.3 Å². The Morgan fingerprint density at radius 3 is 1.25 bits per heavy atom. The summed E-state index contributed by atoms with van der Waals surface area (Å²) in [5, 5.41) is 18.9. The van der Waals surface area contributed by atoms with Crippen LogP contribution < -0.4 is 0 Å². The maximum Gasteiger partial charge on any atom is 0.426 e. The van der Waals surface area contributed by atoms with Crippen LogP contribution in [0.3, 0.4) is 0 Å². The fourth-order valence-corrected chi connectivity index (χ4v) is 11.6. The van der Waals surface area contributed by atoms with Gasteiger partial charge in [-0.1, -0.05) is 25.3 Å². The largest absolute Gasteiger partial charge is 0.459 e. The molecule has 7 aliphatic carbocycles. The monoisotopic (exact) mass is 1160 g/mol. The van der Waals surface area contributed by atoms with Crippen LogP contribution in [0.5, 0.6) is 0 Å². The molecule has 5 atom stereocenters. The molecular weight excluding hydrogens is 1110 g/mol. The molecular formula is C44H48F24O8. The average Bonchev–Trinajstić information content (AvgIpc) is 3.87. The second kappa shape index (κ2) is 21.4. The van der Waals surface area contributed by atoms with E-state index < -0.39 is 151 Å². The van der Waals surface area contributed by atoms with Gasteiger partial charge in [-0.3, -0.25) is 0 Å². The number of hydrogen-bond donors (Lipinski definition) is 2. The quantitative estimate of drug-likeness (QED) is 0.0692. The van der Waals surface area contributed by atoms with E-state index in [1.165, 1.54) is 6.42 Å². The minimum Gasteiger partial charge on any atom is -0.459 e. The van der Waals surface area contributed by atoms with E-state index in [4.69, 9.17) is 4.74 Å². The number of esters is 2. The van der Waals surface area contributed by atoms with Crippen LogP contribution in [-0.2, 0) is 28.5 Å². The van der Waals surface area contributed by atoms with E-state index in [9.17, 15) is 125 Å². The molecule has 8 nitrogen and oxygen atoms in total. The van der Waals surface area contributed by atoms with Crippen molar-refractivity contribution in [2.45, 2.75) is 155 Å². The Labute approximate surface area is 415 Å². The molecule has 32 heteroatoms. The second-order valence-electron chi connectivity index (χ2n) is 20.1. The van der Waals surface area contributed by atoms with E-state index in [2.05, 4.69) is 27.4 Å². The summed E-state index contributed by atoms with van der Waals surface area (Å²) in [6.45, 7) is 5.77. The topological polar surface area (TPSA) is 112 Å². The Balaban J connectivity index is 0.000000260. The maximum absolute atomic E-state index is 13.2. The van der Waals surface area contributed by atoms with Crippen LogP contribution in [0.1, 0.15) is 77.6 Å². The highest BCUT2D eigenvalue weighted by molar-refractivity contribution is 5.89. The van der Waals surface area contributed by atoms with Crippen LogP contribution in [-0.4, -0.2) is 114 Å². The van der Waals surface area contributed by atoms with Gasteiger partial charge in [0, 0.05) is 18.9 Å². The molecule has 0 saturated heterocycles. The summed E-state index contributed by atoms with van der Waals surface area (Å²) in [7, 11) is 0.984. The minimum atomic E-state index is -6.78. The summed E-state index contributed by atoms with van der Waals surface area (Å²) < 4.78 is 330. The number of carbonyl (C=O) groups is 2. The van der Waals surface area contributed by atoms with Crippen molar-refractivity contribution in [2.75, 3.05) is 13.9 Å². The van der Waals surface area contributed by atoms with Crippen LogP contribution in [0.15, 0.2) is 36.5 Å². The normalized spacial score (nSPS) is 30.3. The van der Waals surface area contributed by atoms with Crippen molar-refractivity contribution >= 4 is 11.9 Å². The van der Waals surface area contributed by atoms with Gasteiger partial charge in [-0.05, 0) is 119 Å². The van der Waals surface area contributed by atoms with Crippen LogP contribution in [0.4, 0.5) is 105 Å². The zero-order valence-corrected chi connectivity index (χ0v) is 39.2. The Morgan fingerprint density at radius 1 is 0.539 bits per heavy atom. The molecule has 440 valence electrons. The lowest BCUT2D eigenvalue weighted by Gasteiger charge is -2.59. The first kappa shape index (κ1) is 64.8. The average molecular weight is 1160 g/mol. The number of ether oxygens (including phenoxy) is 4. The number of rotatable bonds is 11.